The summed E-state index contributed by atoms with van der Waals surface area (Å²) < 4.78 is 6.47. The summed E-state index contributed by atoms with van der Waals surface area (Å²) in [6, 6.07) is 21.7. The van der Waals surface area contributed by atoms with Gasteiger partial charge >= 0.3 is 11.9 Å². The van der Waals surface area contributed by atoms with Gasteiger partial charge in [-0.25, -0.2) is 9.59 Å². The second-order valence-corrected chi connectivity index (χ2v) is 9.34. The lowest BCUT2D eigenvalue weighted by Gasteiger charge is -2.10. The molecule has 0 fully saturated rings. The van der Waals surface area contributed by atoms with Gasteiger partial charge in [0.05, 0.1) is 23.8 Å². The summed E-state index contributed by atoms with van der Waals surface area (Å²) >= 11 is 0. The number of phenolic OH excluding ortho intramolecular Hbond substituents is 1. The summed E-state index contributed by atoms with van der Waals surface area (Å²) in [5.74, 6) is -2.00. The topological polar surface area (TPSA) is 134 Å². The number of carboxylic acid groups (broad SMARTS) is 1. The van der Waals surface area contributed by atoms with Crippen molar-refractivity contribution in [3.05, 3.63) is 101 Å². The number of carbonyl (C=O) groups excluding carboxylic acids is 1. The van der Waals surface area contributed by atoms with Gasteiger partial charge in [-0.3, -0.25) is 4.57 Å². The van der Waals surface area contributed by atoms with Crippen molar-refractivity contribution in [3.63, 3.8) is 0 Å². The Balaban J connectivity index is 1.66. The first-order chi connectivity index (χ1) is 19.2. The van der Waals surface area contributed by atoms with Crippen molar-refractivity contribution >= 4 is 34.2 Å². The number of fused-ring (bicyclic) bond motifs is 1. The van der Waals surface area contributed by atoms with Gasteiger partial charge in [0.1, 0.15) is 5.69 Å². The first kappa shape index (κ1) is 26.2. The van der Waals surface area contributed by atoms with E-state index >= 15 is 0 Å². The number of esters is 1. The Hall–Kier alpha value is -5.44. The van der Waals surface area contributed by atoms with Gasteiger partial charge in [0.15, 0.2) is 11.4 Å². The van der Waals surface area contributed by atoms with E-state index in [9.17, 15) is 24.9 Å². The number of benzene rings is 4. The molecule has 0 saturated heterocycles. The fourth-order valence-corrected chi connectivity index (χ4v) is 4.71. The molecule has 0 atom stereocenters. The van der Waals surface area contributed by atoms with Crippen LogP contribution in [0.3, 0.4) is 0 Å². The van der Waals surface area contributed by atoms with E-state index in [4.69, 9.17) is 4.74 Å². The number of carboxylic acids is 1. The van der Waals surface area contributed by atoms with Crippen molar-refractivity contribution < 1.29 is 29.6 Å². The molecule has 0 amide bonds. The number of nitrogens with zero attached hydrogens (tertiary/aromatic N) is 3. The average molecular weight is 536 g/mol. The molecule has 40 heavy (non-hydrogen) atoms. The molecule has 0 spiro atoms. The van der Waals surface area contributed by atoms with Gasteiger partial charge in [0.2, 0.25) is 5.88 Å². The van der Waals surface area contributed by atoms with Crippen molar-refractivity contribution in [3.8, 4) is 28.4 Å². The molecule has 1 aromatic heterocycles. The van der Waals surface area contributed by atoms with Crippen molar-refractivity contribution in [1.29, 1.82) is 0 Å². The zero-order valence-corrected chi connectivity index (χ0v) is 21.9. The van der Waals surface area contributed by atoms with Crippen molar-refractivity contribution in [2.45, 2.75) is 13.8 Å². The average Bonchev–Trinajstić information content (AvgIpc) is 3.21. The maximum atomic E-state index is 12.3. The van der Waals surface area contributed by atoms with Crippen LogP contribution in [0.25, 0.3) is 27.7 Å². The molecule has 3 N–H and O–H groups in total. The van der Waals surface area contributed by atoms with Crippen LogP contribution in [0.1, 0.15) is 31.8 Å². The van der Waals surface area contributed by atoms with E-state index in [-0.39, 0.29) is 28.6 Å². The Bertz CT molecular complexity index is 1820. The normalized spacial score (nSPS) is 11.3. The van der Waals surface area contributed by atoms with Gasteiger partial charge in [0.25, 0.3) is 0 Å². The van der Waals surface area contributed by atoms with E-state index in [0.29, 0.717) is 33.3 Å². The monoisotopic (exact) mass is 535 g/mol. The van der Waals surface area contributed by atoms with Crippen LogP contribution in [0.2, 0.25) is 0 Å². The maximum Gasteiger partial charge on any atom is 0.337 e. The van der Waals surface area contributed by atoms with Gasteiger partial charge in [-0.1, -0.05) is 30.3 Å². The minimum atomic E-state index is -1.08. The molecule has 0 saturated carbocycles. The summed E-state index contributed by atoms with van der Waals surface area (Å²) in [6.45, 7) is 3.89. The summed E-state index contributed by atoms with van der Waals surface area (Å²) in [4.78, 5) is 23.7. The summed E-state index contributed by atoms with van der Waals surface area (Å²) in [6.07, 6.45) is 0. The number of aryl methyl sites for hydroxylation is 2. The van der Waals surface area contributed by atoms with E-state index < -0.39 is 11.9 Å². The third-order valence-corrected chi connectivity index (χ3v) is 6.50. The fourth-order valence-electron chi connectivity index (χ4n) is 4.71. The zero-order chi connectivity index (χ0) is 28.6. The number of ether oxygens (including phenoxy) is 1. The number of rotatable bonds is 6. The van der Waals surface area contributed by atoms with E-state index in [2.05, 4.69) is 10.2 Å². The van der Waals surface area contributed by atoms with Crippen LogP contribution in [0.4, 0.5) is 11.4 Å². The summed E-state index contributed by atoms with van der Waals surface area (Å²) in [7, 11) is 1.30. The number of aromatic carboxylic acids is 1. The Morgan fingerprint density at radius 2 is 1.55 bits per heavy atom. The lowest BCUT2D eigenvalue weighted by atomic mass is 10.0. The van der Waals surface area contributed by atoms with E-state index in [1.54, 1.807) is 53.1 Å². The number of methoxy groups -OCH3 is 1. The Morgan fingerprint density at radius 1 is 0.825 bits per heavy atom. The van der Waals surface area contributed by atoms with Crippen LogP contribution in [0, 0.1) is 13.8 Å². The Morgan fingerprint density at radius 3 is 2.25 bits per heavy atom. The lowest BCUT2D eigenvalue weighted by Crippen LogP contribution is -2.01. The van der Waals surface area contributed by atoms with Crippen LogP contribution in [0.15, 0.2) is 89.1 Å². The molecular formula is C31H25N3O6. The largest absolute Gasteiger partial charge is 0.505 e. The zero-order valence-electron chi connectivity index (χ0n) is 21.9. The molecule has 9 nitrogen and oxygen atoms in total. The highest BCUT2D eigenvalue weighted by molar-refractivity contribution is 6.01. The molecule has 200 valence electrons. The quantitative estimate of drug-likeness (QED) is 0.155. The van der Waals surface area contributed by atoms with Crippen molar-refractivity contribution in [2.75, 3.05) is 7.11 Å². The number of aromatic hydroxyl groups is 2. The first-order valence-corrected chi connectivity index (χ1v) is 12.3. The Labute approximate surface area is 229 Å². The highest BCUT2D eigenvalue weighted by atomic mass is 16.5. The van der Waals surface area contributed by atoms with Gasteiger partial charge in [-0.2, -0.15) is 0 Å². The smallest absolute Gasteiger partial charge is 0.337 e. The predicted molar refractivity (Wildman–Crippen MR) is 150 cm³/mol. The number of para-hydroxylation sites is 1. The number of carbonyl (C=O) groups is 2. The third-order valence-electron chi connectivity index (χ3n) is 6.50. The third kappa shape index (κ3) is 4.76. The van der Waals surface area contributed by atoms with E-state index in [1.807, 2.05) is 32.0 Å². The summed E-state index contributed by atoms with van der Waals surface area (Å²) in [5.41, 5.74) is 4.68. The molecule has 9 heteroatoms. The number of hydrogen-bond donors (Lipinski definition) is 3. The molecular weight excluding hydrogens is 510 g/mol. The fraction of sp³-hybridized carbons (Fsp3) is 0.0968. The minimum Gasteiger partial charge on any atom is -0.505 e. The lowest BCUT2D eigenvalue weighted by molar-refractivity contribution is 0.0600. The number of aromatic nitrogens is 1. The molecule has 1 heterocycles. The number of azo groups is 1. The van der Waals surface area contributed by atoms with Crippen molar-refractivity contribution in [2.24, 2.45) is 10.2 Å². The highest BCUT2D eigenvalue weighted by Gasteiger charge is 2.21. The van der Waals surface area contributed by atoms with Crippen LogP contribution in [0.5, 0.6) is 11.6 Å². The van der Waals surface area contributed by atoms with Gasteiger partial charge < -0.3 is 20.1 Å². The second kappa shape index (κ2) is 10.4. The number of hydrogen-bond acceptors (Lipinski definition) is 7. The molecule has 4 aromatic carbocycles. The molecule has 0 aliphatic heterocycles. The van der Waals surface area contributed by atoms with E-state index in [0.717, 1.165) is 11.1 Å². The molecule has 0 aliphatic rings. The van der Waals surface area contributed by atoms with Gasteiger partial charge in [-0.05, 0) is 79.1 Å². The molecule has 0 aliphatic carbocycles. The SMILES string of the molecule is COC(=O)c1ccc2c(N=Nc3cccc(-c4cccc(C(=O)O)c4)c3O)c(O)n(-c3cc(C)cc(C)c3)c2c1. The number of phenols is 1. The second-order valence-electron chi connectivity index (χ2n) is 9.34. The molecule has 0 unspecified atom stereocenters. The molecule has 5 rings (SSSR count). The van der Waals surface area contributed by atoms with Crippen LogP contribution in [-0.4, -0.2) is 38.9 Å². The van der Waals surface area contributed by atoms with Crippen LogP contribution >= 0.6 is 0 Å². The summed E-state index contributed by atoms with van der Waals surface area (Å²) in [5, 5.41) is 40.8. The molecule has 0 bridgehead atoms. The van der Waals surface area contributed by atoms with Gasteiger partial charge in [-0.15, -0.1) is 10.2 Å². The van der Waals surface area contributed by atoms with E-state index in [1.165, 1.54) is 19.2 Å². The first-order valence-electron chi connectivity index (χ1n) is 12.3. The maximum absolute atomic E-state index is 12.3. The standard InChI is InChI=1S/C31H25N3O6/c1-17-12-18(2)14-22(13-17)34-26-16-21(31(39)40-3)10-11-24(26)27(29(34)36)33-32-25-9-5-8-23(28(25)35)19-6-4-7-20(15-19)30(37)38/h4-16,35-36H,1-3H3,(H,37,38). The predicted octanol–water partition coefficient (Wildman–Crippen LogP) is 7.23. The van der Waals surface area contributed by atoms with Gasteiger partial charge in [0, 0.05) is 16.6 Å². The minimum absolute atomic E-state index is 0.0828. The Kier molecular flexibility index (Phi) is 6.79. The van der Waals surface area contributed by atoms with Crippen molar-refractivity contribution in [1.82, 2.24) is 4.57 Å². The highest BCUT2D eigenvalue weighted by Crippen LogP contribution is 2.44. The molecule has 5 aromatic rings. The van der Waals surface area contributed by atoms with Crippen LogP contribution < -0.4 is 0 Å². The van der Waals surface area contributed by atoms with Crippen LogP contribution in [-0.2, 0) is 4.74 Å². The molecule has 0 radical (unpaired) electrons.